The average Bonchev–Trinajstić information content (AvgIpc) is 2.85. The topological polar surface area (TPSA) is 138 Å². The van der Waals surface area contributed by atoms with Crippen LogP contribution in [0.3, 0.4) is 0 Å². The number of aromatic nitrogens is 1. The average molecular weight is 451 g/mol. The van der Waals surface area contributed by atoms with Crippen LogP contribution in [-0.4, -0.2) is 48.0 Å². The number of nitro groups is 1. The van der Waals surface area contributed by atoms with E-state index in [1.807, 2.05) is 12.1 Å². The van der Waals surface area contributed by atoms with Gasteiger partial charge in [0.2, 0.25) is 0 Å². The molecule has 0 unspecified atom stereocenters. The van der Waals surface area contributed by atoms with Crippen LogP contribution < -0.4 is 5.32 Å². The number of amides is 1. The Labute approximate surface area is 188 Å². The number of methoxy groups -OCH3 is 2. The minimum atomic E-state index is -1.28. The summed E-state index contributed by atoms with van der Waals surface area (Å²) >= 11 is 0. The van der Waals surface area contributed by atoms with E-state index in [4.69, 9.17) is 9.47 Å². The summed E-state index contributed by atoms with van der Waals surface area (Å²) in [6, 6.07) is 14.5. The van der Waals surface area contributed by atoms with Crippen LogP contribution in [0, 0.1) is 10.1 Å². The molecule has 0 spiro atoms. The molecule has 3 rings (SSSR count). The molecule has 3 aromatic rings. The summed E-state index contributed by atoms with van der Waals surface area (Å²) < 4.78 is 9.61. The maximum Gasteiger partial charge on any atom is 0.329 e. The first-order chi connectivity index (χ1) is 15.8. The highest BCUT2D eigenvalue weighted by atomic mass is 16.6. The number of carbonyl (C=O) groups is 3. The van der Waals surface area contributed by atoms with E-state index in [0.29, 0.717) is 11.1 Å². The number of fused-ring (bicyclic) bond motifs is 1. The summed E-state index contributed by atoms with van der Waals surface area (Å²) in [5.74, 6) is -2.98. The van der Waals surface area contributed by atoms with Gasteiger partial charge in [0.25, 0.3) is 11.6 Å². The Kier molecular flexibility index (Phi) is 7.29. The molecule has 2 aromatic carbocycles. The second kappa shape index (κ2) is 10.3. The third-order valence-corrected chi connectivity index (χ3v) is 5.12. The SMILES string of the molecule is COC(=O)C[C@H](c1ccc([N+](=O)[O-])cc1)[C@@H](NC(=O)c1ccc2ccccc2n1)C(=O)OC. The lowest BCUT2D eigenvalue weighted by Gasteiger charge is -2.25. The van der Waals surface area contributed by atoms with Gasteiger partial charge in [0.05, 0.1) is 31.1 Å². The largest absolute Gasteiger partial charge is 0.469 e. The van der Waals surface area contributed by atoms with Crippen molar-refractivity contribution in [1.82, 2.24) is 10.3 Å². The number of nitrogens with zero attached hydrogens (tertiary/aromatic N) is 2. The lowest BCUT2D eigenvalue weighted by molar-refractivity contribution is -0.384. The molecular formula is C23H21N3O7. The maximum absolute atomic E-state index is 13.0. The second-order valence-electron chi connectivity index (χ2n) is 7.10. The fourth-order valence-corrected chi connectivity index (χ4v) is 3.39. The number of pyridine rings is 1. The third-order valence-electron chi connectivity index (χ3n) is 5.12. The highest BCUT2D eigenvalue weighted by Gasteiger charge is 2.34. The number of nitrogens with one attached hydrogen (secondary N) is 1. The molecule has 0 aliphatic carbocycles. The zero-order valence-corrected chi connectivity index (χ0v) is 17.9. The summed E-state index contributed by atoms with van der Waals surface area (Å²) in [5.41, 5.74) is 0.923. The smallest absolute Gasteiger partial charge is 0.329 e. The molecule has 0 radical (unpaired) electrons. The number of esters is 2. The molecule has 1 heterocycles. The number of hydrogen-bond acceptors (Lipinski definition) is 8. The van der Waals surface area contributed by atoms with Crippen molar-refractivity contribution >= 4 is 34.4 Å². The monoisotopic (exact) mass is 451 g/mol. The first-order valence-corrected chi connectivity index (χ1v) is 9.89. The highest BCUT2D eigenvalue weighted by molar-refractivity contribution is 5.97. The van der Waals surface area contributed by atoms with E-state index < -0.39 is 34.7 Å². The quantitative estimate of drug-likeness (QED) is 0.313. The summed E-state index contributed by atoms with van der Waals surface area (Å²) in [5, 5.41) is 14.4. The van der Waals surface area contributed by atoms with E-state index in [1.165, 1.54) is 37.4 Å². The Bertz CT molecular complexity index is 1190. The van der Waals surface area contributed by atoms with Gasteiger partial charge in [-0.2, -0.15) is 0 Å². The van der Waals surface area contributed by atoms with Gasteiger partial charge < -0.3 is 14.8 Å². The molecule has 0 aliphatic rings. The molecule has 33 heavy (non-hydrogen) atoms. The zero-order valence-electron chi connectivity index (χ0n) is 17.9. The predicted octanol–water partition coefficient (Wildman–Crippen LogP) is 2.76. The van der Waals surface area contributed by atoms with E-state index in [2.05, 4.69) is 10.3 Å². The Morgan fingerprint density at radius 1 is 1.00 bits per heavy atom. The van der Waals surface area contributed by atoms with Gasteiger partial charge >= 0.3 is 11.9 Å². The van der Waals surface area contributed by atoms with Crippen molar-refractivity contribution in [2.45, 2.75) is 18.4 Å². The second-order valence-corrected chi connectivity index (χ2v) is 7.10. The molecule has 2 atom stereocenters. The Morgan fingerprint density at radius 2 is 1.70 bits per heavy atom. The van der Waals surface area contributed by atoms with E-state index in [9.17, 15) is 24.5 Å². The summed E-state index contributed by atoms with van der Waals surface area (Å²) in [6.07, 6.45) is -0.278. The molecule has 10 nitrogen and oxygen atoms in total. The highest BCUT2D eigenvalue weighted by Crippen LogP contribution is 2.27. The Balaban J connectivity index is 1.96. The van der Waals surface area contributed by atoms with Crippen LogP contribution in [0.4, 0.5) is 5.69 Å². The molecule has 0 fully saturated rings. The van der Waals surface area contributed by atoms with Crippen LogP contribution in [0.2, 0.25) is 0 Å². The van der Waals surface area contributed by atoms with Gasteiger partial charge in [-0.3, -0.25) is 19.7 Å². The van der Waals surface area contributed by atoms with Crippen molar-refractivity contribution in [2.24, 2.45) is 0 Å². The molecular weight excluding hydrogens is 430 g/mol. The number of hydrogen-bond donors (Lipinski definition) is 1. The Morgan fingerprint density at radius 3 is 2.33 bits per heavy atom. The molecule has 10 heteroatoms. The van der Waals surface area contributed by atoms with Crippen molar-refractivity contribution in [1.29, 1.82) is 0 Å². The van der Waals surface area contributed by atoms with Gasteiger partial charge in [0.1, 0.15) is 11.7 Å². The van der Waals surface area contributed by atoms with Crippen molar-refractivity contribution in [3.63, 3.8) is 0 Å². The maximum atomic E-state index is 13.0. The number of ether oxygens (including phenoxy) is 2. The number of benzene rings is 2. The number of nitro benzene ring substituents is 1. The molecule has 1 aromatic heterocycles. The van der Waals surface area contributed by atoms with Crippen LogP contribution in [0.5, 0.6) is 0 Å². The number of rotatable bonds is 8. The lowest BCUT2D eigenvalue weighted by atomic mass is 9.88. The van der Waals surface area contributed by atoms with Crippen molar-refractivity contribution in [3.05, 3.63) is 82.0 Å². The third kappa shape index (κ3) is 5.48. The van der Waals surface area contributed by atoms with Crippen LogP contribution in [0.15, 0.2) is 60.7 Å². The van der Waals surface area contributed by atoms with E-state index in [0.717, 1.165) is 12.5 Å². The molecule has 170 valence electrons. The van der Waals surface area contributed by atoms with Gasteiger partial charge in [-0.25, -0.2) is 9.78 Å². The number of para-hydroxylation sites is 1. The number of non-ortho nitro benzene ring substituents is 1. The summed E-state index contributed by atoms with van der Waals surface area (Å²) in [6.45, 7) is 0. The predicted molar refractivity (Wildman–Crippen MR) is 117 cm³/mol. The Hall–Kier alpha value is -4.34. The van der Waals surface area contributed by atoms with Crippen LogP contribution in [0.1, 0.15) is 28.4 Å². The first-order valence-electron chi connectivity index (χ1n) is 9.89. The lowest BCUT2D eigenvalue weighted by Crippen LogP contribution is -2.46. The van der Waals surface area contributed by atoms with Gasteiger partial charge in [-0.1, -0.05) is 36.4 Å². The van der Waals surface area contributed by atoms with Crippen LogP contribution >= 0.6 is 0 Å². The van der Waals surface area contributed by atoms with E-state index >= 15 is 0 Å². The van der Waals surface area contributed by atoms with E-state index in [1.54, 1.807) is 18.2 Å². The fraction of sp³-hybridized carbons (Fsp3) is 0.217. The van der Waals surface area contributed by atoms with Crippen molar-refractivity contribution < 1.29 is 28.8 Å². The van der Waals surface area contributed by atoms with Gasteiger partial charge in [0.15, 0.2) is 0 Å². The molecule has 0 saturated carbocycles. The first kappa shape index (κ1) is 23.3. The summed E-state index contributed by atoms with van der Waals surface area (Å²) in [7, 11) is 2.35. The standard InChI is InChI=1S/C23H21N3O7/c1-32-20(27)13-17(14-7-10-16(11-8-14)26(30)31)21(23(29)33-2)25-22(28)19-12-9-15-5-3-4-6-18(15)24-19/h3-12,17,21H,13H2,1-2H3,(H,25,28)/t17-,21-/m1/s1. The van der Waals surface area contributed by atoms with Gasteiger partial charge in [0, 0.05) is 23.4 Å². The molecule has 1 N–H and O–H groups in total. The van der Waals surface area contributed by atoms with Crippen molar-refractivity contribution in [3.8, 4) is 0 Å². The fourth-order valence-electron chi connectivity index (χ4n) is 3.39. The van der Waals surface area contributed by atoms with Gasteiger partial charge in [-0.15, -0.1) is 0 Å². The van der Waals surface area contributed by atoms with Crippen molar-refractivity contribution in [2.75, 3.05) is 14.2 Å². The van der Waals surface area contributed by atoms with Gasteiger partial charge in [-0.05, 0) is 17.7 Å². The molecule has 0 aliphatic heterocycles. The zero-order chi connectivity index (χ0) is 24.0. The van der Waals surface area contributed by atoms with Crippen LogP contribution in [0.25, 0.3) is 10.9 Å². The normalized spacial score (nSPS) is 12.4. The number of carbonyl (C=O) groups excluding carboxylic acids is 3. The van der Waals surface area contributed by atoms with E-state index in [-0.39, 0.29) is 17.8 Å². The summed E-state index contributed by atoms with van der Waals surface area (Å²) in [4.78, 5) is 52.4. The molecule has 1 amide bonds. The minimum absolute atomic E-state index is 0.0723. The molecule has 0 saturated heterocycles. The molecule has 0 bridgehead atoms. The van der Waals surface area contributed by atoms with Crippen LogP contribution in [-0.2, 0) is 19.1 Å². The minimum Gasteiger partial charge on any atom is -0.469 e.